The lowest BCUT2D eigenvalue weighted by molar-refractivity contribution is 0.0222. The minimum absolute atomic E-state index is 0.207. The zero-order chi connectivity index (χ0) is 31.3. The van der Waals surface area contributed by atoms with Crippen molar-refractivity contribution in [3.05, 3.63) is 109 Å². The summed E-state index contributed by atoms with van der Waals surface area (Å²) in [5.41, 5.74) is 7.98. The molecule has 2 saturated heterocycles. The van der Waals surface area contributed by atoms with Crippen molar-refractivity contribution in [3.63, 3.8) is 0 Å². The summed E-state index contributed by atoms with van der Waals surface area (Å²) in [6.45, 7) is 15.1. The molecule has 228 valence electrons. The van der Waals surface area contributed by atoms with E-state index in [0.717, 1.165) is 63.8 Å². The number of amides is 1. The summed E-state index contributed by atoms with van der Waals surface area (Å²) in [7, 11) is 0. The average Bonchev–Trinajstić information content (AvgIpc) is 3.83. The number of hydrogen-bond acceptors (Lipinski definition) is 5. The van der Waals surface area contributed by atoms with E-state index in [0.29, 0.717) is 13.0 Å². The Bertz CT molecular complexity index is 1930. The number of nitrogens with zero attached hydrogens (tertiary/aromatic N) is 3. The van der Waals surface area contributed by atoms with Crippen LogP contribution < -0.4 is 5.32 Å². The molecule has 0 unspecified atom stereocenters. The topological polar surface area (TPSA) is 98.9 Å². The van der Waals surface area contributed by atoms with Crippen LogP contribution in [0.4, 0.5) is 4.79 Å². The molecular formula is C37H38N6O2. The van der Waals surface area contributed by atoms with Gasteiger partial charge in [0.1, 0.15) is 17.2 Å². The highest BCUT2D eigenvalue weighted by Crippen LogP contribution is 2.36. The minimum atomic E-state index is -0.566. The van der Waals surface area contributed by atoms with Crippen LogP contribution in [-0.4, -0.2) is 49.6 Å². The molecule has 2 aliphatic rings. The average molecular weight is 599 g/mol. The van der Waals surface area contributed by atoms with E-state index in [2.05, 4.69) is 99.1 Å². The summed E-state index contributed by atoms with van der Waals surface area (Å²) in [5, 5.41) is 5.82. The lowest BCUT2D eigenvalue weighted by Crippen LogP contribution is -2.36. The van der Waals surface area contributed by atoms with Gasteiger partial charge in [0.25, 0.3) is 0 Å². The molecule has 0 spiro atoms. The lowest BCUT2D eigenvalue weighted by Gasteiger charge is -2.27. The first-order chi connectivity index (χ1) is 21.6. The first-order valence-electron chi connectivity index (χ1n) is 15.4. The summed E-state index contributed by atoms with van der Waals surface area (Å²) in [5.74, 6) is 1.70. The van der Waals surface area contributed by atoms with Crippen molar-refractivity contribution in [2.75, 3.05) is 13.1 Å². The van der Waals surface area contributed by atoms with Crippen LogP contribution in [0.2, 0.25) is 0 Å². The summed E-state index contributed by atoms with van der Waals surface area (Å²) in [4.78, 5) is 30.8. The number of benzene rings is 3. The fraction of sp³-hybridized carbons (Fsp3) is 0.270. The van der Waals surface area contributed by atoms with Crippen molar-refractivity contribution in [1.29, 1.82) is 0 Å². The summed E-state index contributed by atoms with van der Waals surface area (Å²) in [6.07, 6.45) is 4.98. The second kappa shape index (κ2) is 11.2. The Kier molecular flexibility index (Phi) is 7.17. The van der Waals surface area contributed by atoms with Gasteiger partial charge in [-0.25, -0.2) is 14.8 Å². The molecule has 3 aromatic carbocycles. The molecule has 2 aromatic heterocycles. The van der Waals surface area contributed by atoms with Gasteiger partial charge in [-0.05, 0) is 73.2 Å². The molecule has 7 rings (SSSR count). The third-order valence-electron chi connectivity index (χ3n) is 8.49. The Morgan fingerprint density at radius 3 is 2.09 bits per heavy atom. The van der Waals surface area contributed by atoms with Gasteiger partial charge in [0.15, 0.2) is 0 Å². The SMILES string of the molecule is C=C1CN[C@H](c2ncc(-c3ccc4cc(-c5ccc(-c6cnc([C@@H]7CC(=C)CN7C(=O)OC(C)(C)C)[nH]6)cc5)ccc4c3)[nH]2)C1. The predicted molar refractivity (Wildman–Crippen MR) is 178 cm³/mol. The Labute approximate surface area is 263 Å². The number of aromatic nitrogens is 4. The van der Waals surface area contributed by atoms with E-state index >= 15 is 0 Å². The zero-order valence-electron chi connectivity index (χ0n) is 26.0. The van der Waals surface area contributed by atoms with Crippen molar-refractivity contribution >= 4 is 16.9 Å². The number of nitrogens with one attached hydrogen (secondary N) is 3. The highest BCUT2D eigenvalue weighted by molar-refractivity contribution is 5.90. The molecule has 0 aliphatic carbocycles. The van der Waals surface area contributed by atoms with E-state index in [9.17, 15) is 4.79 Å². The van der Waals surface area contributed by atoms with Gasteiger partial charge in [0, 0.05) is 18.7 Å². The quantitative estimate of drug-likeness (QED) is 0.178. The predicted octanol–water partition coefficient (Wildman–Crippen LogP) is 8.12. The molecule has 0 saturated carbocycles. The van der Waals surface area contributed by atoms with E-state index in [1.54, 1.807) is 4.90 Å². The number of likely N-dealkylation sites (tertiary alicyclic amines) is 1. The molecule has 2 fully saturated rings. The number of H-pyrrole nitrogens is 2. The van der Waals surface area contributed by atoms with Crippen LogP contribution in [0.3, 0.4) is 0 Å². The highest BCUT2D eigenvalue weighted by Gasteiger charge is 2.36. The summed E-state index contributed by atoms with van der Waals surface area (Å²) in [6, 6.07) is 21.5. The first kappa shape index (κ1) is 28.8. The van der Waals surface area contributed by atoms with Gasteiger partial charge in [-0.1, -0.05) is 72.8 Å². The number of rotatable bonds is 5. The molecule has 45 heavy (non-hydrogen) atoms. The fourth-order valence-electron chi connectivity index (χ4n) is 6.20. The standard InChI is InChI=1S/C37H38N6O2/c1-22-14-30(38-18-22)34-39-20-32(41-34)29-13-12-27-16-26(10-11-28(27)17-29)24-6-8-25(9-7-24)31-19-40-35(42-31)33-15-23(2)21-43(33)36(44)45-37(3,4)5/h6-13,16-17,19-20,30,33,38H,1-2,14-15,18,21H2,3-5H3,(H,39,41)(H,40,42)/t30-,33-/m0/s1. The Morgan fingerprint density at radius 1 is 0.800 bits per heavy atom. The van der Waals surface area contributed by atoms with Crippen LogP contribution in [-0.2, 0) is 4.74 Å². The van der Waals surface area contributed by atoms with Gasteiger partial charge in [0.2, 0.25) is 0 Å². The van der Waals surface area contributed by atoms with Crippen molar-refractivity contribution in [3.8, 4) is 33.6 Å². The number of imidazole rings is 2. The van der Waals surface area contributed by atoms with E-state index in [4.69, 9.17) is 4.74 Å². The second-order valence-electron chi connectivity index (χ2n) is 13.2. The molecule has 3 N–H and O–H groups in total. The maximum Gasteiger partial charge on any atom is 0.411 e. The second-order valence-corrected chi connectivity index (χ2v) is 13.2. The minimum Gasteiger partial charge on any atom is -0.444 e. The molecule has 8 heteroatoms. The summed E-state index contributed by atoms with van der Waals surface area (Å²) < 4.78 is 5.64. The zero-order valence-corrected chi connectivity index (χ0v) is 26.0. The normalized spacial score (nSPS) is 18.7. The van der Waals surface area contributed by atoms with E-state index in [1.165, 1.54) is 16.3 Å². The smallest absolute Gasteiger partial charge is 0.411 e. The van der Waals surface area contributed by atoms with Crippen molar-refractivity contribution < 1.29 is 9.53 Å². The van der Waals surface area contributed by atoms with Crippen molar-refractivity contribution in [2.45, 2.75) is 51.3 Å². The molecule has 8 nitrogen and oxygen atoms in total. The number of ether oxygens (including phenoxy) is 1. The van der Waals surface area contributed by atoms with E-state index in [1.807, 2.05) is 33.2 Å². The largest absolute Gasteiger partial charge is 0.444 e. The number of aromatic amines is 2. The molecule has 4 heterocycles. The molecule has 1 amide bonds. The maximum atomic E-state index is 12.9. The number of carbonyl (C=O) groups is 1. The van der Waals surface area contributed by atoms with Crippen molar-refractivity contribution in [2.24, 2.45) is 0 Å². The lowest BCUT2D eigenvalue weighted by atomic mass is 9.98. The Hall–Kier alpha value is -4.95. The van der Waals surface area contributed by atoms with Crippen LogP contribution in [0.15, 0.2) is 97.4 Å². The van der Waals surface area contributed by atoms with E-state index < -0.39 is 5.60 Å². The van der Waals surface area contributed by atoms with E-state index in [-0.39, 0.29) is 18.2 Å². The van der Waals surface area contributed by atoms with Gasteiger partial charge in [0.05, 0.1) is 35.9 Å². The number of fused-ring (bicyclic) bond motifs is 1. The number of carbonyl (C=O) groups excluding carboxylic acids is 1. The fourth-order valence-corrected chi connectivity index (χ4v) is 6.20. The Balaban J connectivity index is 1.06. The molecule has 2 atom stereocenters. The third-order valence-corrected chi connectivity index (χ3v) is 8.49. The van der Waals surface area contributed by atoms with Crippen LogP contribution in [0.25, 0.3) is 44.4 Å². The molecule has 2 aliphatic heterocycles. The Morgan fingerprint density at radius 2 is 1.40 bits per heavy atom. The van der Waals surface area contributed by atoms with Crippen LogP contribution in [0.5, 0.6) is 0 Å². The first-order valence-corrected chi connectivity index (χ1v) is 15.4. The van der Waals surface area contributed by atoms with Gasteiger partial charge >= 0.3 is 6.09 Å². The summed E-state index contributed by atoms with van der Waals surface area (Å²) >= 11 is 0. The highest BCUT2D eigenvalue weighted by atomic mass is 16.6. The monoisotopic (exact) mass is 598 g/mol. The van der Waals surface area contributed by atoms with Gasteiger partial charge in [-0.15, -0.1) is 0 Å². The van der Waals surface area contributed by atoms with Crippen molar-refractivity contribution in [1.82, 2.24) is 30.2 Å². The maximum absolute atomic E-state index is 12.9. The molecule has 0 radical (unpaired) electrons. The number of hydrogen-bond donors (Lipinski definition) is 3. The molecule has 0 bridgehead atoms. The van der Waals surface area contributed by atoms with Crippen LogP contribution >= 0.6 is 0 Å². The van der Waals surface area contributed by atoms with Crippen LogP contribution in [0.1, 0.15) is 57.3 Å². The van der Waals surface area contributed by atoms with Crippen LogP contribution in [0, 0.1) is 0 Å². The van der Waals surface area contributed by atoms with Gasteiger partial charge in [-0.2, -0.15) is 0 Å². The molecular weight excluding hydrogens is 560 g/mol. The van der Waals surface area contributed by atoms with Gasteiger partial charge < -0.3 is 20.0 Å². The third kappa shape index (κ3) is 5.93. The molecule has 5 aromatic rings. The van der Waals surface area contributed by atoms with Gasteiger partial charge in [-0.3, -0.25) is 4.90 Å².